The molecule has 0 radical (unpaired) electrons. The largest absolute Gasteiger partial charge is 0.480 e. The predicted octanol–water partition coefficient (Wildman–Crippen LogP) is 0.325. The molecule has 2 amide bonds. The molecule has 3 N–H and O–H groups in total. The molecule has 0 aliphatic carbocycles. The van der Waals surface area contributed by atoms with Crippen molar-refractivity contribution in [1.82, 2.24) is 10.6 Å². The van der Waals surface area contributed by atoms with E-state index in [1.54, 1.807) is 0 Å². The zero-order valence-corrected chi connectivity index (χ0v) is 11.3. The Morgan fingerprint density at radius 3 is 2.40 bits per heavy atom. The van der Waals surface area contributed by atoms with Crippen molar-refractivity contribution in [2.24, 2.45) is 0 Å². The lowest BCUT2D eigenvalue weighted by Crippen LogP contribution is -2.40. The van der Waals surface area contributed by atoms with Crippen molar-refractivity contribution in [2.45, 2.75) is 25.8 Å². The maximum absolute atomic E-state index is 11.6. The van der Waals surface area contributed by atoms with E-state index in [0.29, 0.717) is 0 Å². The third kappa shape index (κ3) is 5.99. The van der Waals surface area contributed by atoms with Gasteiger partial charge in [0.1, 0.15) is 6.04 Å². The molecular weight excluding hydrogens is 260 g/mol. The molecule has 108 valence electrons. The molecule has 1 atom stereocenters. The molecule has 1 rings (SSSR count). The Morgan fingerprint density at radius 2 is 1.80 bits per heavy atom. The minimum Gasteiger partial charge on any atom is -0.480 e. The Kier molecular flexibility index (Phi) is 6.22. The van der Waals surface area contributed by atoms with E-state index in [9.17, 15) is 14.4 Å². The van der Waals surface area contributed by atoms with Crippen molar-refractivity contribution in [3.63, 3.8) is 0 Å². The Bertz CT molecular complexity index is 473. The fraction of sp³-hybridized carbons (Fsp3) is 0.357. The summed E-state index contributed by atoms with van der Waals surface area (Å²) in [7, 11) is 0. The number of carbonyl (C=O) groups is 3. The zero-order chi connectivity index (χ0) is 15.0. The summed E-state index contributed by atoms with van der Waals surface area (Å²) >= 11 is 0. The van der Waals surface area contributed by atoms with Crippen LogP contribution in [0.3, 0.4) is 0 Å². The maximum Gasteiger partial charge on any atom is 0.325 e. The van der Waals surface area contributed by atoms with Gasteiger partial charge in [0, 0.05) is 13.0 Å². The van der Waals surface area contributed by atoms with Crippen LogP contribution in [0.15, 0.2) is 30.3 Å². The first kappa shape index (κ1) is 15.7. The minimum absolute atomic E-state index is 0.0537. The second-order valence-corrected chi connectivity index (χ2v) is 4.39. The van der Waals surface area contributed by atoms with Crippen molar-refractivity contribution >= 4 is 17.8 Å². The van der Waals surface area contributed by atoms with Crippen LogP contribution in [0.5, 0.6) is 0 Å². The van der Waals surface area contributed by atoms with Gasteiger partial charge in [-0.3, -0.25) is 14.4 Å². The van der Waals surface area contributed by atoms with E-state index in [1.165, 1.54) is 6.92 Å². The van der Waals surface area contributed by atoms with Crippen LogP contribution >= 0.6 is 0 Å². The van der Waals surface area contributed by atoms with Gasteiger partial charge in [-0.05, 0) is 12.5 Å². The Morgan fingerprint density at radius 1 is 1.15 bits per heavy atom. The lowest BCUT2D eigenvalue weighted by Gasteiger charge is -2.09. The van der Waals surface area contributed by atoms with E-state index in [2.05, 4.69) is 10.6 Å². The molecule has 0 saturated heterocycles. The third-order valence-electron chi connectivity index (χ3n) is 2.63. The van der Waals surface area contributed by atoms with E-state index < -0.39 is 17.9 Å². The molecule has 0 spiro atoms. The van der Waals surface area contributed by atoms with Gasteiger partial charge >= 0.3 is 5.97 Å². The van der Waals surface area contributed by atoms with Crippen molar-refractivity contribution in [3.05, 3.63) is 35.9 Å². The number of carboxylic acid groups (broad SMARTS) is 1. The summed E-state index contributed by atoms with van der Waals surface area (Å²) in [5.74, 6) is -1.67. The SMILES string of the molecule is C[C@@H](NC(=O)CCNC(=O)Cc1ccccc1)C(=O)O. The molecule has 1 aromatic rings. The number of hydrogen-bond acceptors (Lipinski definition) is 3. The number of nitrogens with one attached hydrogen (secondary N) is 2. The number of carboxylic acids is 1. The molecule has 0 aromatic heterocycles. The first-order valence-electron chi connectivity index (χ1n) is 6.32. The van der Waals surface area contributed by atoms with Crippen LogP contribution in [-0.2, 0) is 20.8 Å². The molecular formula is C14H18N2O4. The van der Waals surface area contributed by atoms with Crippen LogP contribution in [0.1, 0.15) is 18.9 Å². The van der Waals surface area contributed by atoms with E-state index in [-0.39, 0.29) is 25.3 Å². The highest BCUT2D eigenvalue weighted by molar-refractivity contribution is 5.84. The van der Waals surface area contributed by atoms with Crippen LogP contribution < -0.4 is 10.6 Å². The lowest BCUT2D eigenvalue weighted by molar-refractivity contribution is -0.141. The van der Waals surface area contributed by atoms with Crippen molar-refractivity contribution in [2.75, 3.05) is 6.54 Å². The van der Waals surface area contributed by atoms with Crippen molar-refractivity contribution in [3.8, 4) is 0 Å². The highest BCUT2D eigenvalue weighted by atomic mass is 16.4. The maximum atomic E-state index is 11.6. The van der Waals surface area contributed by atoms with Gasteiger partial charge in [0.2, 0.25) is 11.8 Å². The van der Waals surface area contributed by atoms with E-state index in [4.69, 9.17) is 5.11 Å². The van der Waals surface area contributed by atoms with Crippen LogP contribution in [0.4, 0.5) is 0 Å². The number of hydrogen-bond donors (Lipinski definition) is 3. The molecule has 0 heterocycles. The van der Waals surface area contributed by atoms with Gasteiger partial charge < -0.3 is 15.7 Å². The average molecular weight is 278 g/mol. The Labute approximate surface area is 117 Å². The number of aliphatic carboxylic acids is 1. The standard InChI is InChI=1S/C14H18N2O4/c1-10(14(19)20)16-12(17)7-8-15-13(18)9-11-5-3-2-4-6-11/h2-6,10H,7-9H2,1H3,(H,15,18)(H,16,17)(H,19,20)/t10-/m1/s1. The topological polar surface area (TPSA) is 95.5 Å². The number of rotatable bonds is 7. The highest BCUT2D eigenvalue weighted by Gasteiger charge is 2.13. The first-order chi connectivity index (χ1) is 9.49. The molecule has 0 fully saturated rings. The molecule has 20 heavy (non-hydrogen) atoms. The Balaban J connectivity index is 2.22. The summed E-state index contributed by atoms with van der Waals surface area (Å²) in [6, 6.07) is 8.34. The fourth-order valence-corrected chi connectivity index (χ4v) is 1.53. The smallest absolute Gasteiger partial charge is 0.325 e. The molecule has 6 heteroatoms. The molecule has 6 nitrogen and oxygen atoms in total. The van der Waals surface area contributed by atoms with E-state index in [0.717, 1.165) is 5.56 Å². The van der Waals surface area contributed by atoms with Gasteiger partial charge in [0.15, 0.2) is 0 Å². The normalized spacial score (nSPS) is 11.4. The van der Waals surface area contributed by atoms with Crippen LogP contribution in [0.25, 0.3) is 0 Å². The van der Waals surface area contributed by atoms with E-state index in [1.807, 2.05) is 30.3 Å². The summed E-state index contributed by atoms with van der Waals surface area (Å²) < 4.78 is 0. The van der Waals surface area contributed by atoms with Crippen molar-refractivity contribution < 1.29 is 19.5 Å². The van der Waals surface area contributed by atoms with Gasteiger partial charge in [-0.2, -0.15) is 0 Å². The predicted molar refractivity (Wildman–Crippen MR) is 73.0 cm³/mol. The molecule has 0 unspecified atom stereocenters. The Hall–Kier alpha value is -2.37. The molecule has 0 saturated carbocycles. The zero-order valence-electron chi connectivity index (χ0n) is 11.3. The summed E-state index contributed by atoms with van der Waals surface area (Å²) in [4.78, 5) is 33.5. The summed E-state index contributed by atoms with van der Waals surface area (Å²) in [6.07, 6.45) is 0.312. The van der Waals surface area contributed by atoms with Crippen LogP contribution in [-0.4, -0.2) is 35.5 Å². The number of benzene rings is 1. The van der Waals surface area contributed by atoms with E-state index >= 15 is 0 Å². The third-order valence-corrected chi connectivity index (χ3v) is 2.63. The lowest BCUT2D eigenvalue weighted by atomic mass is 10.1. The molecule has 0 aliphatic heterocycles. The van der Waals surface area contributed by atoms with Gasteiger partial charge in [0.25, 0.3) is 0 Å². The van der Waals surface area contributed by atoms with Gasteiger partial charge in [-0.1, -0.05) is 30.3 Å². The van der Waals surface area contributed by atoms with Crippen LogP contribution in [0, 0.1) is 0 Å². The van der Waals surface area contributed by atoms with Gasteiger partial charge in [-0.15, -0.1) is 0 Å². The van der Waals surface area contributed by atoms with Crippen LogP contribution in [0.2, 0.25) is 0 Å². The van der Waals surface area contributed by atoms with Gasteiger partial charge in [-0.25, -0.2) is 0 Å². The summed E-state index contributed by atoms with van der Waals surface area (Å²) in [5.41, 5.74) is 0.897. The highest BCUT2D eigenvalue weighted by Crippen LogP contribution is 1.99. The molecule has 1 aromatic carbocycles. The number of amides is 2. The molecule has 0 aliphatic rings. The summed E-state index contributed by atoms with van der Waals surface area (Å²) in [6.45, 7) is 1.57. The average Bonchev–Trinajstić information content (AvgIpc) is 2.39. The quantitative estimate of drug-likeness (QED) is 0.669. The van der Waals surface area contributed by atoms with Gasteiger partial charge in [0.05, 0.1) is 6.42 Å². The second-order valence-electron chi connectivity index (χ2n) is 4.39. The minimum atomic E-state index is -1.09. The number of carbonyl (C=O) groups excluding carboxylic acids is 2. The summed E-state index contributed by atoms with van der Waals surface area (Å²) in [5, 5.41) is 13.6. The first-order valence-corrected chi connectivity index (χ1v) is 6.32. The monoisotopic (exact) mass is 278 g/mol. The molecule has 0 bridgehead atoms. The fourth-order valence-electron chi connectivity index (χ4n) is 1.53. The van der Waals surface area contributed by atoms with Crippen molar-refractivity contribution in [1.29, 1.82) is 0 Å². The second kappa shape index (κ2) is 7.93.